The van der Waals surface area contributed by atoms with Gasteiger partial charge in [0.25, 0.3) is 0 Å². The fourth-order valence-corrected chi connectivity index (χ4v) is 22.8. The summed E-state index contributed by atoms with van der Waals surface area (Å²) in [5, 5.41) is 10.5. The fraction of sp³-hybridized carbons (Fsp3) is 0.583. The van der Waals surface area contributed by atoms with Crippen LogP contribution in [0.15, 0.2) is 78.9 Å². The lowest BCUT2D eigenvalue weighted by atomic mass is 9.74. The van der Waals surface area contributed by atoms with Crippen molar-refractivity contribution in [3.05, 3.63) is 84.4 Å². The molecule has 7 atom stereocenters. The largest absolute Gasteiger partial charge is 0.0924 e. The van der Waals surface area contributed by atoms with Crippen LogP contribution >= 0.6 is 15.8 Å². The highest BCUT2D eigenvalue weighted by atomic mass is 31.1. The van der Waals surface area contributed by atoms with Crippen molar-refractivity contribution < 1.29 is 0 Å². The highest BCUT2D eigenvalue weighted by Gasteiger charge is 2.58. The molecule has 4 aromatic carbocycles. The predicted octanol–water partition coefficient (Wildman–Crippen LogP) is 14.1. The standard InChI is InChI=1S/C48H64P2/c1-34(50(45(2,3)4)46(5,6)7)41-25-16-31-48(41)38-21-10-11-29-47(30-15-22-38)32-28-37(33-47)40-24-12-19-36-20-14-27-43(44(36)40)49(48)42-26-13-18-35-17-8-9-23-39(35)42/h8-9,12-14,17-20,23-24,26-27,34,37-38,41H,10-11,15-16,21-22,25,28-33H2,1-7H3/t34-,37-,38?,41?,47?,48?,49?/m1/s1. The highest BCUT2D eigenvalue weighted by molar-refractivity contribution is 7.75. The minimum absolute atomic E-state index is 0.241. The maximum atomic E-state index is 2.77. The van der Waals surface area contributed by atoms with E-state index in [0.717, 1.165) is 17.5 Å². The van der Waals surface area contributed by atoms with Crippen LogP contribution in [0.25, 0.3) is 21.5 Å². The van der Waals surface area contributed by atoms with E-state index < -0.39 is 7.92 Å². The SMILES string of the molecule is C[C@H](C1CCCC12C1CCCCC3(CCC1)CC[C@H](C3)c1cccc3cccc(c13)P2c1cccc2ccccc12)P(C(C)(C)C)C(C)(C)C. The molecule has 3 saturated carbocycles. The zero-order valence-corrected chi connectivity index (χ0v) is 34.2. The second kappa shape index (κ2) is 13.3. The summed E-state index contributed by atoms with van der Waals surface area (Å²) in [4.78, 5) is 0. The first kappa shape index (κ1) is 35.3. The average molecular weight is 703 g/mol. The van der Waals surface area contributed by atoms with Crippen LogP contribution in [0, 0.1) is 17.3 Å². The first-order valence-corrected chi connectivity index (χ1v) is 23.3. The third-order valence-electron chi connectivity index (χ3n) is 14.4. The molecule has 2 spiro atoms. The molecule has 5 unspecified atom stereocenters. The number of rotatable bonds is 3. The van der Waals surface area contributed by atoms with Gasteiger partial charge in [-0.05, 0) is 143 Å². The Bertz CT molecular complexity index is 1820. The van der Waals surface area contributed by atoms with Gasteiger partial charge >= 0.3 is 0 Å². The van der Waals surface area contributed by atoms with Crippen molar-refractivity contribution in [1.29, 1.82) is 0 Å². The summed E-state index contributed by atoms with van der Waals surface area (Å²) in [7, 11) is -0.903. The Kier molecular flexibility index (Phi) is 9.38. The Labute approximate surface area is 307 Å². The Morgan fingerprint density at radius 2 is 1.28 bits per heavy atom. The normalized spacial score (nSPS) is 31.1. The molecule has 3 aliphatic carbocycles. The Morgan fingerprint density at radius 3 is 2.06 bits per heavy atom. The summed E-state index contributed by atoms with van der Waals surface area (Å²) in [6, 6.07) is 31.9. The monoisotopic (exact) mass is 702 g/mol. The first-order valence-electron chi connectivity index (χ1n) is 20.5. The zero-order valence-electron chi connectivity index (χ0n) is 32.4. The molecule has 0 saturated heterocycles. The van der Waals surface area contributed by atoms with Crippen molar-refractivity contribution in [2.75, 3.05) is 0 Å². The van der Waals surface area contributed by atoms with Gasteiger partial charge in [0.05, 0.1) is 0 Å². The summed E-state index contributed by atoms with van der Waals surface area (Å²) < 4.78 is 0. The molecule has 0 radical (unpaired) electrons. The van der Waals surface area contributed by atoms with E-state index in [1.54, 1.807) is 21.6 Å². The van der Waals surface area contributed by atoms with E-state index in [9.17, 15) is 0 Å². The summed E-state index contributed by atoms with van der Waals surface area (Å²) in [6.07, 6.45) is 18.6. The van der Waals surface area contributed by atoms with Gasteiger partial charge in [-0.2, -0.15) is 0 Å². The summed E-state index contributed by atoms with van der Waals surface area (Å²) in [5.41, 5.74) is 3.00. The van der Waals surface area contributed by atoms with E-state index >= 15 is 0 Å². The molecule has 0 nitrogen and oxygen atoms in total. The average Bonchev–Trinajstić information content (AvgIpc) is 3.72. The molecule has 1 heterocycles. The van der Waals surface area contributed by atoms with Gasteiger partial charge in [0.1, 0.15) is 0 Å². The summed E-state index contributed by atoms with van der Waals surface area (Å²) in [6.45, 7) is 18.3. The van der Waals surface area contributed by atoms with Crippen LogP contribution in [0.3, 0.4) is 0 Å². The van der Waals surface area contributed by atoms with Crippen LogP contribution in [0.4, 0.5) is 0 Å². The van der Waals surface area contributed by atoms with E-state index in [2.05, 4.69) is 127 Å². The number of benzene rings is 4. The molecule has 1 aliphatic heterocycles. The van der Waals surface area contributed by atoms with Crippen LogP contribution in [-0.2, 0) is 0 Å². The lowest BCUT2D eigenvalue weighted by Gasteiger charge is -2.55. The zero-order chi connectivity index (χ0) is 34.9. The summed E-state index contributed by atoms with van der Waals surface area (Å²) >= 11 is 0. The van der Waals surface area contributed by atoms with Crippen LogP contribution in [0.5, 0.6) is 0 Å². The van der Waals surface area contributed by atoms with E-state index in [0.29, 0.717) is 26.8 Å². The summed E-state index contributed by atoms with van der Waals surface area (Å²) in [5.74, 6) is 2.23. The molecule has 3 fully saturated rings. The third kappa shape index (κ3) is 5.94. The van der Waals surface area contributed by atoms with Crippen LogP contribution in [-0.4, -0.2) is 21.1 Å². The lowest BCUT2D eigenvalue weighted by molar-refractivity contribution is 0.225. The molecule has 4 aliphatic rings. The maximum absolute atomic E-state index is 2.77. The smallest absolute Gasteiger partial charge is 0.00484 e. The third-order valence-corrected chi connectivity index (χ3v) is 21.9. The second-order valence-electron chi connectivity index (χ2n) is 19.3. The van der Waals surface area contributed by atoms with Crippen molar-refractivity contribution in [1.82, 2.24) is 0 Å². The quantitative estimate of drug-likeness (QED) is 0.186. The van der Waals surface area contributed by atoms with Gasteiger partial charge in [0.2, 0.25) is 0 Å². The van der Waals surface area contributed by atoms with Crippen molar-refractivity contribution >= 4 is 48.0 Å². The minimum Gasteiger partial charge on any atom is -0.0924 e. The molecule has 50 heavy (non-hydrogen) atoms. The van der Waals surface area contributed by atoms with Gasteiger partial charge in [0.15, 0.2) is 0 Å². The van der Waals surface area contributed by atoms with E-state index in [-0.39, 0.29) is 7.92 Å². The van der Waals surface area contributed by atoms with E-state index in [1.165, 1.54) is 99.6 Å². The molecular formula is C48H64P2. The number of fused-ring (bicyclic) bond motifs is 7. The van der Waals surface area contributed by atoms with Crippen molar-refractivity contribution in [3.8, 4) is 0 Å². The van der Waals surface area contributed by atoms with Crippen LogP contribution in [0.2, 0.25) is 0 Å². The van der Waals surface area contributed by atoms with Crippen molar-refractivity contribution in [2.24, 2.45) is 17.3 Å². The fourth-order valence-electron chi connectivity index (χ4n) is 13.2. The van der Waals surface area contributed by atoms with Crippen LogP contribution < -0.4 is 10.6 Å². The molecule has 0 amide bonds. The first-order chi connectivity index (χ1) is 23.9. The Hall–Kier alpha value is -1.74. The van der Waals surface area contributed by atoms with Gasteiger partial charge in [0, 0.05) is 5.16 Å². The lowest BCUT2D eigenvalue weighted by Crippen LogP contribution is -2.49. The van der Waals surface area contributed by atoms with Crippen LogP contribution in [0.1, 0.15) is 143 Å². The van der Waals surface area contributed by atoms with Gasteiger partial charge < -0.3 is 0 Å². The van der Waals surface area contributed by atoms with Gasteiger partial charge in [-0.3, -0.25) is 0 Å². The molecule has 266 valence electrons. The van der Waals surface area contributed by atoms with E-state index in [4.69, 9.17) is 0 Å². The number of hydrogen-bond acceptors (Lipinski definition) is 0. The Balaban J connectivity index is 1.48. The molecule has 8 rings (SSSR count). The molecular weight excluding hydrogens is 638 g/mol. The maximum Gasteiger partial charge on any atom is 0.00484 e. The highest BCUT2D eigenvalue weighted by Crippen LogP contribution is 2.73. The van der Waals surface area contributed by atoms with Gasteiger partial charge in [-0.15, -0.1) is 0 Å². The van der Waals surface area contributed by atoms with Crippen molar-refractivity contribution in [2.45, 2.75) is 159 Å². The molecule has 0 aromatic heterocycles. The van der Waals surface area contributed by atoms with Gasteiger partial charge in [-0.1, -0.05) is 161 Å². The topological polar surface area (TPSA) is 0 Å². The minimum atomic E-state index is -0.663. The molecule has 0 N–H and O–H groups in total. The molecule has 2 heteroatoms. The van der Waals surface area contributed by atoms with E-state index in [1.807, 2.05) is 0 Å². The second-order valence-corrected chi connectivity index (χ2v) is 26.0. The number of hydrogen-bond donors (Lipinski definition) is 0. The van der Waals surface area contributed by atoms with Crippen molar-refractivity contribution in [3.63, 3.8) is 0 Å². The Morgan fingerprint density at radius 1 is 0.640 bits per heavy atom. The molecule has 3 bridgehead atoms. The van der Waals surface area contributed by atoms with Gasteiger partial charge in [-0.25, -0.2) is 0 Å². The predicted molar refractivity (Wildman–Crippen MR) is 225 cm³/mol. The molecule has 4 aromatic rings.